The van der Waals surface area contributed by atoms with Crippen molar-refractivity contribution in [1.29, 1.82) is 0 Å². The van der Waals surface area contributed by atoms with Gasteiger partial charge < -0.3 is 5.11 Å². The highest BCUT2D eigenvalue weighted by Gasteiger charge is 2.33. The number of nitrogens with zero attached hydrogens (tertiary/aromatic N) is 2. The summed E-state index contributed by atoms with van der Waals surface area (Å²) in [5.41, 5.74) is 0.927. The summed E-state index contributed by atoms with van der Waals surface area (Å²) in [7, 11) is -3.55. The highest BCUT2D eigenvalue weighted by Crippen LogP contribution is 2.19. The molecule has 1 aliphatic heterocycles. The van der Waals surface area contributed by atoms with Crippen LogP contribution in [0.2, 0.25) is 0 Å². The van der Waals surface area contributed by atoms with Crippen molar-refractivity contribution in [2.24, 2.45) is 0 Å². The van der Waals surface area contributed by atoms with Crippen LogP contribution in [-0.4, -0.2) is 47.7 Å². The predicted octanol–water partition coefficient (Wildman–Crippen LogP) is 0.914. The second-order valence-electron chi connectivity index (χ2n) is 4.72. The Labute approximate surface area is 118 Å². The van der Waals surface area contributed by atoms with Crippen molar-refractivity contribution in [3.05, 3.63) is 35.9 Å². The number of carbonyl (C=O) groups is 1. The molecule has 0 aromatic heterocycles. The molecule has 0 unspecified atom stereocenters. The summed E-state index contributed by atoms with van der Waals surface area (Å²) in [5, 5.41) is 8.68. The van der Waals surface area contributed by atoms with Gasteiger partial charge >= 0.3 is 5.97 Å². The summed E-state index contributed by atoms with van der Waals surface area (Å²) < 4.78 is 27.4. The normalized spacial score (nSPS) is 19.8. The Morgan fingerprint density at radius 3 is 2.45 bits per heavy atom. The first kappa shape index (κ1) is 15.0. The first-order valence-corrected chi connectivity index (χ1v) is 7.91. The topological polar surface area (TPSA) is 77.9 Å². The Morgan fingerprint density at radius 2 is 1.80 bits per heavy atom. The third kappa shape index (κ3) is 3.56. The van der Waals surface area contributed by atoms with Gasteiger partial charge in [0.25, 0.3) is 10.2 Å². The van der Waals surface area contributed by atoms with Crippen LogP contribution in [0.15, 0.2) is 30.3 Å². The van der Waals surface area contributed by atoms with Gasteiger partial charge in [0.1, 0.15) is 0 Å². The number of carboxylic acids is 1. The quantitative estimate of drug-likeness (QED) is 0.876. The fraction of sp³-hybridized carbons (Fsp3) is 0.462. The summed E-state index contributed by atoms with van der Waals surface area (Å²) >= 11 is 0. The highest BCUT2D eigenvalue weighted by molar-refractivity contribution is 7.86. The smallest absolute Gasteiger partial charge is 0.304 e. The molecule has 6 nitrogen and oxygen atoms in total. The van der Waals surface area contributed by atoms with E-state index < -0.39 is 16.2 Å². The maximum Gasteiger partial charge on any atom is 0.304 e. The van der Waals surface area contributed by atoms with Crippen molar-refractivity contribution in [1.82, 2.24) is 8.61 Å². The highest BCUT2D eigenvalue weighted by atomic mass is 32.2. The van der Waals surface area contributed by atoms with E-state index in [1.807, 2.05) is 30.3 Å². The number of aliphatic carboxylic acids is 1. The molecule has 0 amide bonds. The number of benzene rings is 1. The molecule has 1 aliphatic rings. The molecule has 7 heteroatoms. The fourth-order valence-electron chi connectivity index (χ4n) is 2.21. The minimum Gasteiger partial charge on any atom is -0.481 e. The molecule has 110 valence electrons. The van der Waals surface area contributed by atoms with E-state index >= 15 is 0 Å². The van der Waals surface area contributed by atoms with Gasteiger partial charge in [0.2, 0.25) is 0 Å². The second kappa shape index (κ2) is 6.34. The molecule has 2 rings (SSSR count). The summed E-state index contributed by atoms with van der Waals surface area (Å²) in [6.07, 6.45) is 0.546. The minimum atomic E-state index is -3.55. The maximum absolute atomic E-state index is 12.4. The Balaban J connectivity index is 2.08. The Kier molecular flexibility index (Phi) is 4.74. The molecule has 0 aliphatic carbocycles. The average Bonchev–Trinajstić information content (AvgIpc) is 2.40. The molecule has 1 N–H and O–H groups in total. The standard InChI is InChI=1S/C13H18N2O4S/c16-13(17)7-10-14-8-4-9-15(20(14,18)19)11-12-5-2-1-3-6-12/h1-3,5-6H,4,7-11H2,(H,16,17). The van der Waals surface area contributed by atoms with E-state index in [2.05, 4.69) is 0 Å². The average molecular weight is 298 g/mol. The minimum absolute atomic E-state index is 0.0307. The van der Waals surface area contributed by atoms with E-state index in [0.29, 0.717) is 26.1 Å². The lowest BCUT2D eigenvalue weighted by Crippen LogP contribution is -2.49. The van der Waals surface area contributed by atoms with Gasteiger partial charge in [-0.25, -0.2) is 0 Å². The molecular formula is C13H18N2O4S. The molecule has 1 fully saturated rings. The molecular weight excluding hydrogens is 280 g/mol. The van der Waals surface area contributed by atoms with Crippen LogP contribution in [0.4, 0.5) is 0 Å². The van der Waals surface area contributed by atoms with Crippen LogP contribution in [0.25, 0.3) is 0 Å². The molecule has 1 heterocycles. The summed E-state index contributed by atoms with van der Waals surface area (Å²) in [6.45, 7) is 1.22. The first-order chi connectivity index (χ1) is 9.50. The van der Waals surface area contributed by atoms with Crippen LogP contribution >= 0.6 is 0 Å². The first-order valence-electron chi connectivity index (χ1n) is 6.51. The van der Waals surface area contributed by atoms with E-state index in [1.165, 1.54) is 8.61 Å². The van der Waals surface area contributed by atoms with Gasteiger partial charge in [0, 0.05) is 26.2 Å². The van der Waals surface area contributed by atoms with Gasteiger partial charge in [-0.3, -0.25) is 4.79 Å². The molecule has 0 radical (unpaired) electrons. The molecule has 1 aromatic rings. The van der Waals surface area contributed by atoms with E-state index in [1.54, 1.807) is 0 Å². The Bertz CT molecular complexity index is 559. The van der Waals surface area contributed by atoms with Gasteiger partial charge in [-0.05, 0) is 12.0 Å². The van der Waals surface area contributed by atoms with Gasteiger partial charge in [-0.15, -0.1) is 0 Å². The third-order valence-electron chi connectivity index (χ3n) is 3.24. The molecule has 0 spiro atoms. The zero-order valence-electron chi connectivity index (χ0n) is 11.1. The van der Waals surface area contributed by atoms with Gasteiger partial charge in [-0.2, -0.15) is 17.0 Å². The number of carboxylic acid groups (broad SMARTS) is 1. The van der Waals surface area contributed by atoms with Crippen molar-refractivity contribution < 1.29 is 18.3 Å². The van der Waals surface area contributed by atoms with Gasteiger partial charge in [0.05, 0.1) is 6.42 Å². The lowest BCUT2D eigenvalue weighted by Gasteiger charge is -2.34. The van der Waals surface area contributed by atoms with Gasteiger partial charge in [0.15, 0.2) is 0 Å². The van der Waals surface area contributed by atoms with Gasteiger partial charge in [-0.1, -0.05) is 30.3 Å². The molecule has 0 atom stereocenters. The molecule has 0 saturated carbocycles. The lowest BCUT2D eigenvalue weighted by atomic mass is 10.2. The number of hydrogen-bond acceptors (Lipinski definition) is 3. The van der Waals surface area contributed by atoms with Crippen LogP contribution < -0.4 is 0 Å². The zero-order chi connectivity index (χ0) is 14.6. The Hall–Kier alpha value is -1.44. The monoisotopic (exact) mass is 298 g/mol. The van der Waals surface area contributed by atoms with Crippen molar-refractivity contribution in [2.45, 2.75) is 19.4 Å². The van der Waals surface area contributed by atoms with E-state index in [0.717, 1.165) is 5.56 Å². The molecule has 1 saturated heterocycles. The van der Waals surface area contributed by atoms with E-state index in [9.17, 15) is 13.2 Å². The number of hydrogen-bond donors (Lipinski definition) is 1. The van der Waals surface area contributed by atoms with Crippen LogP contribution in [-0.2, 0) is 21.5 Å². The van der Waals surface area contributed by atoms with Crippen LogP contribution in [0.1, 0.15) is 18.4 Å². The second-order valence-corrected chi connectivity index (χ2v) is 6.65. The summed E-state index contributed by atoms with van der Waals surface area (Å²) in [5.74, 6) is -0.986. The van der Waals surface area contributed by atoms with Crippen molar-refractivity contribution >= 4 is 16.2 Å². The van der Waals surface area contributed by atoms with Crippen LogP contribution in [0.3, 0.4) is 0 Å². The van der Waals surface area contributed by atoms with Crippen LogP contribution in [0, 0.1) is 0 Å². The number of rotatable bonds is 5. The van der Waals surface area contributed by atoms with E-state index in [4.69, 9.17) is 5.11 Å². The summed E-state index contributed by atoms with van der Waals surface area (Å²) in [6, 6.07) is 9.38. The summed E-state index contributed by atoms with van der Waals surface area (Å²) in [4.78, 5) is 10.6. The van der Waals surface area contributed by atoms with Crippen molar-refractivity contribution in [3.8, 4) is 0 Å². The largest absolute Gasteiger partial charge is 0.481 e. The molecule has 20 heavy (non-hydrogen) atoms. The third-order valence-corrected chi connectivity index (χ3v) is 5.23. The molecule has 1 aromatic carbocycles. The van der Waals surface area contributed by atoms with Crippen molar-refractivity contribution in [2.75, 3.05) is 19.6 Å². The maximum atomic E-state index is 12.4. The predicted molar refractivity (Wildman–Crippen MR) is 74.2 cm³/mol. The SMILES string of the molecule is O=C(O)CCN1CCCN(Cc2ccccc2)S1(=O)=O. The van der Waals surface area contributed by atoms with Crippen molar-refractivity contribution in [3.63, 3.8) is 0 Å². The van der Waals surface area contributed by atoms with E-state index in [-0.39, 0.29) is 13.0 Å². The Morgan fingerprint density at radius 1 is 1.15 bits per heavy atom. The zero-order valence-corrected chi connectivity index (χ0v) is 11.9. The lowest BCUT2D eigenvalue weighted by molar-refractivity contribution is -0.137. The molecule has 0 bridgehead atoms. The van der Waals surface area contributed by atoms with Crippen LogP contribution in [0.5, 0.6) is 0 Å². The fourth-order valence-corrected chi connectivity index (χ4v) is 3.89.